The van der Waals surface area contributed by atoms with Gasteiger partial charge >= 0.3 is 0 Å². The number of methoxy groups -OCH3 is 1. The molecule has 0 saturated carbocycles. The highest BCUT2D eigenvalue weighted by Gasteiger charge is 2.11. The number of nitrogens with zero attached hydrogens (tertiary/aromatic N) is 3. The van der Waals surface area contributed by atoms with Crippen LogP contribution in [-0.2, 0) is 24.4 Å². The molecular weight excluding hydrogens is 256 g/mol. The number of aromatic nitrogens is 3. The molecule has 0 aliphatic rings. The Morgan fingerprint density at radius 2 is 2.20 bits per heavy atom. The molecule has 6 heteroatoms. The van der Waals surface area contributed by atoms with E-state index >= 15 is 0 Å². The molecule has 1 heterocycles. The van der Waals surface area contributed by atoms with Gasteiger partial charge in [0.1, 0.15) is 18.1 Å². The third kappa shape index (κ3) is 3.55. The lowest BCUT2D eigenvalue weighted by Crippen LogP contribution is -2.14. The summed E-state index contributed by atoms with van der Waals surface area (Å²) in [5.41, 5.74) is 8.47. The second-order valence-corrected chi connectivity index (χ2v) is 4.51. The lowest BCUT2D eigenvalue weighted by Gasteiger charge is -2.09. The van der Waals surface area contributed by atoms with Crippen LogP contribution in [0.1, 0.15) is 17.0 Å². The van der Waals surface area contributed by atoms with Crippen molar-refractivity contribution >= 4 is 0 Å². The minimum Gasteiger partial charge on any atom is -0.492 e. The fourth-order valence-corrected chi connectivity index (χ4v) is 1.96. The molecule has 0 atom stereocenters. The Kier molecular flexibility index (Phi) is 5.09. The summed E-state index contributed by atoms with van der Waals surface area (Å²) in [5.74, 6) is 0.859. The van der Waals surface area contributed by atoms with Gasteiger partial charge in [0.2, 0.25) is 0 Å². The molecule has 0 spiro atoms. The average Bonchev–Trinajstić information content (AvgIpc) is 2.82. The number of benzene rings is 1. The van der Waals surface area contributed by atoms with Crippen molar-refractivity contribution in [1.82, 2.24) is 15.0 Å². The van der Waals surface area contributed by atoms with Gasteiger partial charge in [-0.15, -0.1) is 5.10 Å². The Balaban J connectivity index is 1.95. The molecule has 1 aromatic carbocycles. The highest BCUT2D eigenvalue weighted by molar-refractivity contribution is 5.27. The van der Waals surface area contributed by atoms with Crippen molar-refractivity contribution in [3.63, 3.8) is 0 Å². The van der Waals surface area contributed by atoms with Gasteiger partial charge in [0.15, 0.2) is 0 Å². The van der Waals surface area contributed by atoms with E-state index in [1.54, 1.807) is 11.8 Å². The molecule has 108 valence electrons. The van der Waals surface area contributed by atoms with Gasteiger partial charge in [-0.3, -0.25) is 0 Å². The summed E-state index contributed by atoms with van der Waals surface area (Å²) in [6, 6.07) is 7.95. The molecule has 0 radical (unpaired) electrons. The van der Waals surface area contributed by atoms with Crippen LogP contribution in [0.25, 0.3) is 0 Å². The maximum absolute atomic E-state index is 5.71. The molecule has 2 aromatic rings. The van der Waals surface area contributed by atoms with E-state index in [0.29, 0.717) is 26.3 Å². The molecule has 0 amide bonds. The van der Waals surface area contributed by atoms with Crippen molar-refractivity contribution in [2.24, 2.45) is 5.73 Å². The summed E-state index contributed by atoms with van der Waals surface area (Å²) in [7, 11) is 1.64. The van der Waals surface area contributed by atoms with Crippen molar-refractivity contribution in [3.05, 3.63) is 41.2 Å². The molecule has 20 heavy (non-hydrogen) atoms. The van der Waals surface area contributed by atoms with Crippen LogP contribution in [-0.4, -0.2) is 28.7 Å². The quantitative estimate of drug-likeness (QED) is 0.824. The highest BCUT2D eigenvalue weighted by Crippen LogP contribution is 2.12. The predicted molar refractivity (Wildman–Crippen MR) is 75.3 cm³/mol. The molecule has 0 saturated heterocycles. The first-order valence-corrected chi connectivity index (χ1v) is 6.54. The van der Waals surface area contributed by atoms with Crippen LogP contribution in [0.4, 0.5) is 0 Å². The van der Waals surface area contributed by atoms with E-state index in [4.69, 9.17) is 15.2 Å². The Hall–Kier alpha value is -1.92. The van der Waals surface area contributed by atoms with E-state index in [-0.39, 0.29) is 0 Å². The summed E-state index contributed by atoms with van der Waals surface area (Å²) < 4.78 is 12.6. The summed E-state index contributed by atoms with van der Waals surface area (Å²) >= 11 is 0. The fraction of sp³-hybridized carbons (Fsp3) is 0.429. The molecule has 0 bridgehead atoms. The molecule has 2 N–H and O–H groups in total. The Labute approximate surface area is 118 Å². The first-order valence-electron chi connectivity index (χ1n) is 6.54. The molecule has 1 aromatic heterocycles. The second-order valence-electron chi connectivity index (χ2n) is 4.51. The van der Waals surface area contributed by atoms with Crippen LogP contribution < -0.4 is 10.5 Å². The molecule has 6 nitrogen and oxygen atoms in total. The normalized spacial score (nSPS) is 10.8. The topological polar surface area (TPSA) is 75.2 Å². The minimum absolute atomic E-state index is 0.359. The molecular formula is C14H20N4O2. The minimum atomic E-state index is 0.359. The SMILES string of the molecule is COCc1c(CN)nnn1CCOc1cccc(C)c1. The fourth-order valence-electron chi connectivity index (χ4n) is 1.96. The third-order valence-corrected chi connectivity index (χ3v) is 2.95. The molecule has 0 aliphatic carbocycles. The van der Waals surface area contributed by atoms with E-state index in [0.717, 1.165) is 17.1 Å². The number of rotatable bonds is 7. The van der Waals surface area contributed by atoms with Crippen LogP contribution in [0.2, 0.25) is 0 Å². The van der Waals surface area contributed by atoms with Crippen LogP contribution in [0.5, 0.6) is 5.75 Å². The Morgan fingerprint density at radius 3 is 2.90 bits per heavy atom. The van der Waals surface area contributed by atoms with E-state index in [9.17, 15) is 0 Å². The number of ether oxygens (including phenoxy) is 2. The summed E-state index contributed by atoms with van der Waals surface area (Å²) in [4.78, 5) is 0. The van der Waals surface area contributed by atoms with Gasteiger partial charge in [0.25, 0.3) is 0 Å². The first-order chi connectivity index (χ1) is 9.74. The molecule has 0 fully saturated rings. The van der Waals surface area contributed by atoms with Gasteiger partial charge in [-0.2, -0.15) is 0 Å². The van der Waals surface area contributed by atoms with Gasteiger partial charge in [-0.1, -0.05) is 17.3 Å². The highest BCUT2D eigenvalue weighted by atomic mass is 16.5. The van der Waals surface area contributed by atoms with Crippen molar-refractivity contribution in [1.29, 1.82) is 0 Å². The number of nitrogens with two attached hydrogens (primary N) is 1. The van der Waals surface area contributed by atoms with Crippen LogP contribution in [0, 0.1) is 6.92 Å². The Bertz CT molecular complexity index is 554. The van der Waals surface area contributed by atoms with Crippen LogP contribution in [0.3, 0.4) is 0 Å². The monoisotopic (exact) mass is 276 g/mol. The summed E-state index contributed by atoms with van der Waals surface area (Å²) in [5, 5.41) is 8.13. The zero-order valence-corrected chi connectivity index (χ0v) is 11.9. The van der Waals surface area contributed by atoms with Gasteiger partial charge in [-0.05, 0) is 24.6 Å². The lowest BCUT2D eigenvalue weighted by molar-refractivity contribution is 0.173. The lowest BCUT2D eigenvalue weighted by atomic mass is 10.2. The Morgan fingerprint density at radius 1 is 1.35 bits per heavy atom. The smallest absolute Gasteiger partial charge is 0.119 e. The third-order valence-electron chi connectivity index (χ3n) is 2.95. The van der Waals surface area contributed by atoms with E-state index in [1.807, 2.05) is 31.2 Å². The average molecular weight is 276 g/mol. The van der Waals surface area contributed by atoms with E-state index < -0.39 is 0 Å². The second kappa shape index (κ2) is 7.02. The van der Waals surface area contributed by atoms with Gasteiger partial charge in [-0.25, -0.2) is 4.68 Å². The number of hydrogen-bond acceptors (Lipinski definition) is 5. The number of hydrogen-bond donors (Lipinski definition) is 1. The largest absolute Gasteiger partial charge is 0.492 e. The van der Waals surface area contributed by atoms with E-state index in [1.165, 1.54) is 5.56 Å². The van der Waals surface area contributed by atoms with Crippen molar-refractivity contribution in [3.8, 4) is 5.75 Å². The first kappa shape index (κ1) is 14.5. The van der Waals surface area contributed by atoms with Crippen LogP contribution in [0.15, 0.2) is 24.3 Å². The molecule has 0 unspecified atom stereocenters. The van der Waals surface area contributed by atoms with Gasteiger partial charge in [0, 0.05) is 13.7 Å². The van der Waals surface area contributed by atoms with Crippen molar-refractivity contribution in [2.45, 2.75) is 26.6 Å². The number of aryl methyl sites for hydroxylation is 1. The summed E-state index contributed by atoms with van der Waals surface area (Å²) in [6.07, 6.45) is 0. The predicted octanol–water partition coefficient (Wildman–Crippen LogP) is 1.27. The summed E-state index contributed by atoms with van der Waals surface area (Å²) in [6.45, 7) is 3.98. The van der Waals surface area contributed by atoms with Crippen molar-refractivity contribution < 1.29 is 9.47 Å². The maximum atomic E-state index is 5.71. The van der Waals surface area contributed by atoms with E-state index in [2.05, 4.69) is 10.3 Å². The van der Waals surface area contributed by atoms with Gasteiger partial charge < -0.3 is 15.2 Å². The van der Waals surface area contributed by atoms with Gasteiger partial charge in [0.05, 0.1) is 18.8 Å². The van der Waals surface area contributed by atoms with Crippen LogP contribution >= 0.6 is 0 Å². The van der Waals surface area contributed by atoms with Crippen molar-refractivity contribution in [2.75, 3.05) is 13.7 Å². The molecule has 0 aliphatic heterocycles. The standard InChI is InChI=1S/C14H20N4O2/c1-11-4-3-5-12(8-11)20-7-6-18-14(10-19-2)13(9-15)16-17-18/h3-5,8H,6-7,9-10,15H2,1-2H3. The maximum Gasteiger partial charge on any atom is 0.119 e. The zero-order chi connectivity index (χ0) is 14.4. The zero-order valence-electron chi connectivity index (χ0n) is 11.9. The molecule has 2 rings (SSSR count).